The predicted octanol–water partition coefficient (Wildman–Crippen LogP) is -1.64. The van der Waals surface area contributed by atoms with Gasteiger partial charge in [0.25, 0.3) is 0 Å². The summed E-state index contributed by atoms with van der Waals surface area (Å²) in [4.78, 5) is 45.1. The molecule has 122 valence electrons. The molecule has 8 nitrogen and oxygen atoms in total. The van der Waals surface area contributed by atoms with Crippen LogP contribution in [0.5, 0.6) is 0 Å². The Balaban J connectivity index is 4.45. The molecule has 0 aliphatic carbocycles. The largest absolute Gasteiger partial charge is 0.808 e. The van der Waals surface area contributed by atoms with Gasteiger partial charge in [-0.1, -0.05) is 19.8 Å². The molecule has 0 radical (unpaired) electrons. The molecule has 0 bridgehead atoms. The normalized spacial score (nSPS) is 14.0. The second-order valence-corrected chi connectivity index (χ2v) is 8.71. The summed E-state index contributed by atoms with van der Waals surface area (Å²) in [5.41, 5.74) is 0. The van der Waals surface area contributed by atoms with Gasteiger partial charge in [0.05, 0.1) is 0 Å². The third-order valence-electron chi connectivity index (χ3n) is 3.07. The van der Waals surface area contributed by atoms with Gasteiger partial charge in [-0.25, -0.2) is 0 Å². The van der Waals surface area contributed by atoms with E-state index in [0.29, 0.717) is 0 Å². The number of hydrogen-bond donors (Lipinski definition) is 1. The number of aliphatic hydroxyl groups is 1. The maximum absolute atomic E-state index is 10.8. The van der Waals surface area contributed by atoms with Crippen LogP contribution in [0.3, 0.4) is 0 Å². The summed E-state index contributed by atoms with van der Waals surface area (Å²) in [6.45, 7) is 3.05. The Hall–Kier alpha value is 0.220. The number of nitrogens with zero attached hydrogens (tertiary/aromatic N) is 1. The Morgan fingerprint density at radius 1 is 1.00 bits per heavy atom. The van der Waals surface area contributed by atoms with Gasteiger partial charge in [-0.3, -0.25) is 0 Å². The summed E-state index contributed by atoms with van der Waals surface area (Å²) in [5, 5.41) is 5.68. The molecule has 0 amide bonds. The highest BCUT2D eigenvalue weighted by molar-refractivity contribution is 7.69. The molecule has 0 aromatic heterocycles. The SMILES string of the molecule is CCCCCN(C)CCCC(O)(P(=O)([O-])[O-])P(=O)([O-])[O-]. The standard InChI is InChI=1S/C10H25NO7P2/c1-3-4-5-8-11(2)9-6-7-10(12,19(13,14)15)20(16,17)18/h12H,3-9H2,1-2H3,(H2,13,14,15)(H2,16,17,18)/p-4. The molecule has 10 heteroatoms. The van der Waals surface area contributed by atoms with Crippen molar-refractivity contribution in [2.75, 3.05) is 20.1 Å². The van der Waals surface area contributed by atoms with E-state index in [2.05, 4.69) is 0 Å². The Bertz CT molecular complexity index is 356. The molecular formula is C10H21NO7P2-4. The van der Waals surface area contributed by atoms with E-state index in [-0.39, 0.29) is 13.0 Å². The quantitative estimate of drug-likeness (QED) is 0.370. The van der Waals surface area contributed by atoms with Gasteiger partial charge in [-0.05, 0) is 54.6 Å². The molecule has 0 aliphatic rings. The maximum atomic E-state index is 10.8. The molecule has 0 spiro atoms. The lowest BCUT2D eigenvalue weighted by molar-refractivity contribution is -0.349. The molecule has 1 N–H and O–H groups in total. The zero-order chi connectivity index (χ0) is 16.0. The number of unbranched alkanes of at least 4 members (excludes halogenated alkanes) is 2. The van der Waals surface area contributed by atoms with Crippen molar-refractivity contribution in [1.29, 1.82) is 0 Å². The number of rotatable bonds is 10. The van der Waals surface area contributed by atoms with E-state index in [4.69, 9.17) is 0 Å². The van der Waals surface area contributed by atoms with Gasteiger partial charge in [0.15, 0.2) is 0 Å². The highest BCUT2D eigenvalue weighted by Gasteiger charge is 2.34. The topological polar surface area (TPSA) is 150 Å². The lowest BCUT2D eigenvalue weighted by atomic mass is 10.2. The van der Waals surface area contributed by atoms with Crippen molar-refractivity contribution in [3.8, 4) is 0 Å². The van der Waals surface area contributed by atoms with Gasteiger partial charge in [-0.15, -0.1) is 0 Å². The summed E-state index contributed by atoms with van der Waals surface area (Å²) >= 11 is 0. The number of hydrogen-bond acceptors (Lipinski definition) is 8. The fourth-order valence-corrected chi connectivity index (χ4v) is 3.82. The van der Waals surface area contributed by atoms with Crippen LogP contribution in [-0.4, -0.2) is 35.2 Å². The minimum Gasteiger partial charge on any atom is -0.808 e. The Morgan fingerprint density at radius 2 is 1.45 bits per heavy atom. The Morgan fingerprint density at radius 3 is 1.85 bits per heavy atom. The van der Waals surface area contributed by atoms with Crippen LogP contribution in [0.2, 0.25) is 0 Å². The van der Waals surface area contributed by atoms with Crippen LogP contribution in [0.15, 0.2) is 0 Å². The lowest BCUT2D eigenvalue weighted by Gasteiger charge is -2.56. The van der Waals surface area contributed by atoms with Gasteiger partial charge in [0, 0.05) is 0 Å². The average molecular weight is 329 g/mol. The molecule has 0 heterocycles. The lowest BCUT2D eigenvalue weighted by Crippen LogP contribution is -2.46. The van der Waals surface area contributed by atoms with Crippen LogP contribution in [0.4, 0.5) is 0 Å². The molecule has 0 unspecified atom stereocenters. The molecule has 0 saturated heterocycles. The third-order valence-corrected chi connectivity index (χ3v) is 6.74. The van der Waals surface area contributed by atoms with Crippen molar-refractivity contribution in [2.45, 2.75) is 44.1 Å². The summed E-state index contributed by atoms with van der Waals surface area (Å²) in [6.07, 6.45) is 2.02. The van der Waals surface area contributed by atoms with Crippen molar-refractivity contribution >= 4 is 15.2 Å². The molecule has 0 aliphatic heterocycles. The fourth-order valence-electron chi connectivity index (χ4n) is 1.75. The molecule has 0 aromatic rings. The van der Waals surface area contributed by atoms with E-state index in [0.717, 1.165) is 25.8 Å². The van der Waals surface area contributed by atoms with E-state index in [1.165, 1.54) is 0 Å². The van der Waals surface area contributed by atoms with Crippen LogP contribution in [0, 0.1) is 0 Å². The molecule has 0 rings (SSSR count). The first-order valence-corrected chi connectivity index (χ1v) is 9.49. The predicted molar refractivity (Wildman–Crippen MR) is 66.4 cm³/mol. The maximum Gasteiger partial charge on any atom is 0.117 e. The van der Waals surface area contributed by atoms with E-state index >= 15 is 0 Å². The smallest absolute Gasteiger partial charge is 0.117 e. The Kier molecular flexibility index (Phi) is 8.10. The van der Waals surface area contributed by atoms with Gasteiger partial charge in [0.1, 0.15) is 5.08 Å². The van der Waals surface area contributed by atoms with Crippen molar-refractivity contribution in [3.63, 3.8) is 0 Å². The summed E-state index contributed by atoms with van der Waals surface area (Å²) in [7, 11) is -10.1. The first kappa shape index (κ1) is 20.2. The zero-order valence-electron chi connectivity index (χ0n) is 11.7. The molecule has 0 atom stereocenters. The average Bonchev–Trinajstić information content (AvgIpc) is 2.26. The third kappa shape index (κ3) is 5.92. The Labute approximate surface area is 119 Å². The first-order chi connectivity index (χ1) is 8.95. The van der Waals surface area contributed by atoms with E-state index in [9.17, 15) is 33.8 Å². The van der Waals surface area contributed by atoms with Crippen LogP contribution in [0.1, 0.15) is 39.0 Å². The second-order valence-electron chi connectivity index (χ2n) is 4.88. The van der Waals surface area contributed by atoms with Crippen LogP contribution >= 0.6 is 15.2 Å². The van der Waals surface area contributed by atoms with Crippen LogP contribution in [0.25, 0.3) is 0 Å². The fraction of sp³-hybridized carbons (Fsp3) is 1.00. The van der Waals surface area contributed by atoms with Gasteiger partial charge in [-0.2, -0.15) is 0 Å². The second kappa shape index (κ2) is 8.01. The monoisotopic (exact) mass is 329 g/mol. The summed E-state index contributed by atoms with van der Waals surface area (Å²) in [6, 6.07) is 0. The molecule has 20 heavy (non-hydrogen) atoms. The highest BCUT2D eigenvalue weighted by Crippen LogP contribution is 2.61. The molecule has 0 aromatic carbocycles. The molecule has 0 fully saturated rings. The molecular weight excluding hydrogens is 308 g/mol. The summed E-state index contributed by atoms with van der Waals surface area (Å²) < 4.78 is 21.6. The van der Waals surface area contributed by atoms with Crippen molar-refractivity contribution in [3.05, 3.63) is 0 Å². The van der Waals surface area contributed by atoms with Gasteiger partial charge < -0.3 is 38.7 Å². The van der Waals surface area contributed by atoms with Crippen LogP contribution in [-0.2, 0) is 9.13 Å². The van der Waals surface area contributed by atoms with Crippen molar-refractivity contribution in [1.82, 2.24) is 4.90 Å². The van der Waals surface area contributed by atoms with Crippen molar-refractivity contribution < 1.29 is 33.8 Å². The highest BCUT2D eigenvalue weighted by atomic mass is 31.2. The minimum atomic E-state index is -5.95. The summed E-state index contributed by atoms with van der Waals surface area (Å²) in [5.74, 6) is 0. The minimum absolute atomic E-state index is 0.0813. The van der Waals surface area contributed by atoms with E-state index in [1.807, 2.05) is 11.8 Å². The van der Waals surface area contributed by atoms with E-state index in [1.54, 1.807) is 7.05 Å². The molecule has 0 saturated carbocycles. The zero-order valence-corrected chi connectivity index (χ0v) is 13.5. The first-order valence-electron chi connectivity index (χ1n) is 6.41. The van der Waals surface area contributed by atoms with Gasteiger partial charge in [0.2, 0.25) is 0 Å². The van der Waals surface area contributed by atoms with Crippen molar-refractivity contribution in [2.24, 2.45) is 0 Å². The van der Waals surface area contributed by atoms with Crippen LogP contribution < -0.4 is 19.6 Å². The van der Waals surface area contributed by atoms with E-state index < -0.39 is 26.7 Å². The van der Waals surface area contributed by atoms with Gasteiger partial charge >= 0.3 is 0 Å².